The van der Waals surface area contributed by atoms with Crippen molar-refractivity contribution in [1.82, 2.24) is 10.1 Å². The third-order valence-electron chi connectivity index (χ3n) is 7.68. The van der Waals surface area contributed by atoms with Gasteiger partial charge in [0, 0.05) is 11.1 Å². The maximum Gasteiger partial charge on any atom is 0.416 e. The van der Waals surface area contributed by atoms with Crippen molar-refractivity contribution in [2.45, 2.75) is 38.3 Å². The second-order valence-corrected chi connectivity index (χ2v) is 10.5. The molecule has 1 aliphatic rings. The van der Waals surface area contributed by atoms with Gasteiger partial charge in [0.2, 0.25) is 0 Å². The fraction of sp³-hybridized carbons (Fsp3) is 0.206. The van der Waals surface area contributed by atoms with Gasteiger partial charge in [-0.05, 0) is 67.6 Å². The first-order valence-corrected chi connectivity index (χ1v) is 13.9. The molecule has 0 atom stereocenters. The third-order valence-corrected chi connectivity index (χ3v) is 7.68. The summed E-state index contributed by atoms with van der Waals surface area (Å²) in [4.78, 5) is 17.0. The van der Waals surface area contributed by atoms with Crippen molar-refractivity contribution in [3.8, 4) is 33.7 Å². The largest absolute Gasteiger partial charge is 0.465 e. The number of anilines is 2. The fourth-order valence-corrected chi connectivity index (χ4v) is 5.16. The lowest BCUT2D eigenvalue weighted by atomic mass is 9.93. The summed E-state index contributed by atoms with van der Waals surface area (Å²) in [6.07, 6.45) is -2.83. The molecule has 0 spiro atoms. The average molecular weight is 584 g/mol. The zero-order valence-corrected chi connectivity index (χ0v) is 23.5. The van der Waals surface area contributed by atoms with Crippen LogP contribution in [0.5, 0.6) is 0 Å². The highest BCUT2D eigenvalue weighted by Crippen LogP contribution is 2.49. The first-order chi connectivity index (χ1) is 20.7. The van der Waals surface area contributed by atoms with Gasteiger partial charge in [-0.2, -0.15) is 13.2 Å². The maximum absolute atomic E-state index is 13.2. The summed E-state index contributed by atoms with van der Waals surface area (Å²) in [7, 11) is 0. The van der Waals surface area contributed by atoms with E-state index in [0.29, 0.717) is 40.8 Å². The smallest absolute Gasteiger partial charge is 0.416 e. The van der Waals surface area contributed by atoms with Crippen LogP contribution in [0.1, 0.15) is 36.6 Å². The molecule has 0 radical (unpaired) electrons. The molecule has 43 heavy (non-hydrogen) atoms. The van der Waals surface area contributed by atoms with Gasteiger partial charge in [0.25, 0.3) is 0 Å². The van der Waals surface area contributed by atoms with E-state index in [1.54, 1.807) is 31.2 Å². The molecule has 1 aliphatic carbocycles. The van der Waals surface area contributed by atoms with Crippen molar-refractivity contribution in [3.63, 3.8) is 0 Å². The highest BCUT2D eigenvalue weighted by atomic mass is 19.4. The number of carbonyl (C=O) groups is 1. The number of hydrogen-bond donors (Lipinski definition) is 1. The Hall–Kier alpha value is -4.92. The predicted molar refractivity (Wildman–Crippen MR) is 158 cm³/mol. The number of nitrogens with zero attached hydrogens (tertiary/aromatic N) is 2. The highest BCUT2D eigenvalue weighted by Gasteiger charge is 2.52. The second-order valence-electron chi connectivity index (χ2n) is 10.5. The Labute approximate surface area is 246 Å². The van der Waals surface area contributed by atoms with Crippen molar-refractivity contribution in [2.24, 2.45) is 0 Å². The van der Waals surface area contributed by atoms with Crippen LogP contribution in [0.4, 0.5) is 24.7 Å². The molecule has 0 amide bonds. The normalized spacial score (nSPS) is 13.9. The summed E-state index contributed by atoms with van der Waals surface area (Å²) < 4.78 is 50.6. The molecule has 6 rings (SSSR count). The van der Waals surface area contributed by atoms with Crippen molar-refractivity contribution >= 4 is 17.5 Å². The minimum absolute atomic E-state index is 0.156. The average Bonchev–Trinajstić information content (AvgIpc) is 3.76. The van der Waals surface area contributed by atoms with Crippen LogP contribution in [0.15, 0.2) is 95.5 Å². The maximum atomic E-state index is 13.2. The minimum Gasteiger partial charge on any atom is -0.465 e. The third kappa shape index (κ3) is 5.62. The molecule has 6 nitrogen and oxygen atoms in total. The Kier molecular flexibility index (Phi) is 7.25. The van der Waals surface area contributed by atoms with Crippen molar-refractivity contribution in [2.75, 3.05) is 11.9 Å². The van der Waals surface area contributed by atoms with Crippen LogP contribution in [-0.4, -0.2) is 22.7 Å². The van der Waals surface area contributed by atoms with E-state index in [2.05, 4.69) is 15.5 Å². The quantitative estimate of drug-likeness (QED) is 0.184. The number of halogens is 3. The molecule has 0 bridgehead atoms. The van der Waals surface area contributed by atoms with E-state index in [0.717, 1.165) is 47.2 Å². The van der Waals surface area contributed by atoms with Crippen LogP contribution < -0.4 is 5.32 Å². The van der Waals surface area contributed by atoms with Gasteiger partial charge < -0.3 is 14.6 Å². The Morgan fingerprint density at radius 2 is 1.56 bits per heavy atom. The van der Waals surface area contributed by atoms with Crippen LogP contribution in [0, 0.1) is 6.92 Å². The predicted octanol–water partition coefficient (Wildman–Crippen LogP) is 8.74. The van der Waals surface area contributed by atoms with Crippen molar-refractivity contribution in [1.29, 1.82) is 0 Å². The van der Waals surface area contributed by atoms with Crippen LogP contribution in [0.2, 0.25) is 0 Å². The van der Waals surface area contributed by atoms with E-state index >= 15 is 0 Å². The molecule has 0 aliphatic heterocycles. The van der Waals surface area contributed by atoms with Gasteiger partial charge in [0.1, 0.15) is 17.2 Å². The molecule has 0 unspecified atom stereocenters. The van der Waals surface area contributed by atoms with Crippen molar-refractivity contribution < 1.29 is 27.2 Å². The van der Waals surface area contributed by atoms with E-state index in [4.69, 9.17) is 9.26 Å². The van der Waals surface area contributed by atoms with Gasteiger partial charge in [0.15, 0.2) is 5.76 Å². The lowest BCUT2D eigenvalue weighted by Crippen LogP contribution is -2.23. The van der Waals surface area contributed by atoms with Crippen molar-refractivity contribution in [3.05, 3.63) is 108 Å². The number of ether oxygens (including phenoxy) is 1. The van der Waals surface area contributed by atoms with Crippen LogP contribution in [-0.2, 0) is 21.1 Å². The van der Waals surface area contributed by atoms with Gasteiger partial charge >= 0.3 is 12.1 Å². The van der Waals surface area contributed by atoms with Gasteiger partial charge in [0.05, 0.1) is 23.3 Å². The molecular weight excluding hydrogens is 555 g/mol. The Balaban J connectivity index is 1.21. The molecule has 1 saturated carbocycles. The number of aryl methyl sites for hydroxylation is 1. The fourth-order valence-electron chi connectivity index (χ4n) is 5.16. The molecule has 218 valence electrons. The number of aromatic nitrogens is 2. The molecular formula is C34H28F3N3O3. The van der Waals surface area contributed by atoms with E-state index in [-0.39, 0.29) is 5.97 Å². The molecule has 9 heteroatoms. The molecule has 3 aromatic carbocycles. The molecule has 1 fully saturated rings. The monoisotopic (exact) mass is 583 g/mol. The Morgan fingerprint density at radius 1 is 0.907 bits per heavy atom. The number of rotatable bonds is 8. The van der Waals surface area contributed by atoms with E-state index < -0.39 is 17.2 Å². The summed E-state index contributed by atoms with van der Waals surface area (Å²) in [5, 5.41) is 7.36. The zero-order chi connectivity index (χ0) is 30.2. The number of alkyl halides is 3. The molecule has 1 N–H and O–H groups in total. The van der Waals surface area contributed by atoms with Crippen LogP contribution in [0.3, 0.4) is 0 Å². The minimum atomic E-state index is -4.44. The number of carbonyl (C=O) groups excluding carboxylic acids is 1. The molecule has 0 saturated heterocycles. The van der Waals surface area contributed by atoms with Crippen LogP contribution in [0.25, 0.3) is 33.7 Å². The summed E-state index contributed by atoms with van der Waals surface area (Å²) in [5.41, 5.74) is 4.51. The van der Waals surface area contributed by atoms with Crippen LogP contribution >= 0.6 is 0 Å². The van der Waals surface area contributed by atoms with Gasteiger partial charge in [-0.25, -0.2) is 4.98 Å². The Morgan fingerprint density at radius 3 is 2.21 bits per heavy atom. The molecule has 2 aromatic heterocycles. The number of nitrogens with one attached hydrogen (secondary N) is 1. The summed E-state index contributed by atoms with van der Waals surface area (Å²) in [6.45, 7) is 3.99. The first kappa shape index (κ1) is 28.2. The van der Waals surface area contributed by atoms with Gasteiger partial charge in [-0.3, -0.25) is 4.79 Å². The number of benzene rings is 3. The number of esters is 1. The first-order valence-electron chi connectivity index (χ1n) is 13.9. The van der Waals surface area contributed by atoms with E-state index in [1.807, 2.05) is 55.5 Å². The SMILES string of the molecule is CCOC(=O)C1(c2ccc(-c3ccc(-c4onc(C)c4Nc4cccc(-c5cccc(C(F)(F)F)c5)n4)cc3)cc2)CC1. The molecule has 5 aromatic rings. The lowest BCUT2D eigenvalue weighted by molar-refractivity contribution is -0.146. The second kappa shape index (κ2) is 11.1. The summed E-state index contributed by atoms with van der Waals surface area (Å²) in [5.74, 6) is 0.794. The van der Waals surface area contributed by atoms with Gasteiger partial charge in [-0.15, -0.1) is 0 Å². The highest BCUT2D eigenvalue weighted by molar-refractivity contribution is 5.87. The lowest BCUT2D eigenvalue weighted by Gasteiger charge is -2.14. The molecule has 2 heterocycles. The number of pyridine rings is 1. The standard InChI is InChI=1S/C34H28F3N3O3/c1-3-42-32(41)33(18-19-33)26-16-14-23(15-17-26)22-10-12-24(13-11-22)31-30(21(2)40-43-31)39-29-9-5-8-28(38-29)25-6-4-7-27(20-25)34(35,36)37/h4-17,20H,3,18-19H2,1-2H3,(H,38,39). The summed E-state index contributed by atoms with van der Waals surface area (Å²) in [6, 6.07) is 26.0. The topological polar surface area (TPSA) is 77.2 Å². The Bertz CT molecular complexity index is 1770. The zero-order valence-electron chi connectivity index (χ0n) is 23.5. The van der Waals surface area contributed by atoms with E-state index in [1.165, 1.54) is 6.07 Å². The van der Waals surface area contributed by atoms with Gasteiger partial charge in [-0.1, -0.05) is 71.9 Å². The summed E-state index contributed by atoms with van der Waals surface area (Å²) >= 11 is 0. The number of hydrogen-bond acceptors (Lipinski definition) is 6. The van der Waals surface area contributed by atoms with E-state index in [9.17, 15) is 18.0 Å².